The van der Waals surface area contributed by atoms with Crippen LogP contribution in [-0.2, 0) is 17.6 Å². The molecule has 2 aromatic carbocycles. The van der Waals surface area contributed by atoms with Crippen molar-refractivity contribution >= 4 is 11.5 Å². The van der Waals surface area contributed by atoms with Gasteiger partial charge in [0.2, 0.25) is 6.73 Å². The molecule has 0 amide bonds. The van der Waals surface area contributed by atoms with Crippen LogP contribution in [0.25, 0.3) is 0 Å². The second-order valence-electron chi connectivity index (χ2n) is 12.3. The molecule has 3 atom stereocenters. The van der Waals surface area contributed by atoms with Gasteiger partial charge in [0, 0.05) is 18.5 Å². The molecule has 0 spiro atoms. The highest BCUT2D eigenvalue weighted by molar-refractivity contribution is 6.08. The van der Waals surface area contributed by atoms with Gasteiger partial charge in [0.15, 0.2) is 11.5 Å². The van der Waals surface area contributed by atoms with Gasteiger partial charge in [-0.25, -0.2) is 0 Å². The van der Waals surface area contributed by atoms with E-state index in [1.165, 1.54) is 0 Å². The van der Waals surface area contributed by atoms with E-state index in [-0.39, 0.29) is 17.5 Å². The number of allylic oxidation sites excluding steroid dienone is 1. The number of ether oxygens (including phenoxy) is 1. The number of aryl methyl sites for hydroxylation is 1. The zero-order valence-electron chi connectivity index (χ0n) is 26.4. The van der Waals surface area contributed by atoms with Crippen molar-refractivity contribution in [1.82, 2.24) is 0 Å². The van der Waals surface area contributed by atoms with Crippen molar-refractivity contribution in [3.05, 3.63) is 82.7 Å². The summed E-state index contributed by atoms with van der Waals surface area (Å²) in [6.07, 6.45) is 12.3. The predicted octanol–water partition coefficient (Wildman–Crippen LogP) is 4.65. The van der Waals surface area contributed by atoms with Crippen LogP contribution < -0.4 is 21.1 Å². The lowest BCUT2D eigenvalue weighted by Gasteiger charge is -2.22. The van der Waals surface area contributed by atoms with E-state index in [2.05, 4.69) is 31.1 Å². The maximum Gasteiger partial charge on any atom is 0.227 e. The summed E-state index contributed by atoms with van der Waals surface area (Å²) in [6.45, 7) is 5.34. The van der Waals surface area contributed by atoms with Gasteiger partial charge in [0.1, 0.15) is 24.2 Å². The normalized spacial score (nSPS) is 17.2. The number of quaternary nitrogens is 1. The molecule has 2 aromatic rings. The Labute approximate surface area is 262 Å². The summed E-state index contributed by atoms with van der Waals surface area (Å²) in [5.41, 5.74) is 18.0. The number of hydrogen-bond acceptors (Lipinski definition) is 7. The topological polar surface area (TPSA) is 136 Å². The van der Waals surface area contributed by atoms with E-state index in [0.29, 0.717) is 38.3 Å². The SMILES string of the molecule is CCCCCC(O)C(CCCCC)C(=O)CCc1ccc(O)c(OC[NH+]2C=C3C(Cc4cccc(C(N)N)c4)=CN=C3C2)c1. The van der Waals surface area contributed by atoms with E-state index < -0.39 is 12.3 Å². The maximum atomic E-state index is 13.2. The van der Waals surface area contributed by atoms with Crippen LogP contribution in [0.1, 0.15) is 94.5 Å². The number of aromatic hydroxyl groups is 1. The molecule has 4 rings (SSSR count). The third-order valence-electron chi connectivity index (χ3n) is 8.70. The Balaban J connectivity index is 1.32. The zero-order valence-corrected chi connectivity index (χ0v) is 26.4. The highest BCUT2D eigenvalue weighted by atomic mass is 16.5. The summed E-state index contributed by atoms with van der Waals surface area (Å²) in [4.78, 5) is 19.0. The molecule has 2 heterocycles. The third-order valence-corrected chi connectivity index (χ3v) is 8.70. The molecular formula is C36H51N4O4+. The Hall–Kier alpha value is -3.30. The summed E-state index contributed by atoms with van der Waals surface area (Å²) >= 11 is 0. The lowest BCUT2D eigenvalue weighted by Crippen LogP contribution is -3.07. The Kier molecular flexibility index (Phi) is 12.7. The third kappa shape index (κ3) is 9.35. The van der Waals surface area contributed by atoms with Crippen molar-refractivity contribution in [3.63, 3.8) is 0 Å². The molecule has 0 saturated carbocycles. The summed E-state index contributed by atoms with van der Waals surface area (Å²) < 4.78 is 6.08. The van der Waals surface area contributed by atoms with E-state index in [1.807, 2.05) is 36.5 Å². The smallest absolute Gasteiger partial charge is 0.227 e. The molecule has 2 aliphatic heterocycles. The first kappa shape index (κ1) is 33.6. The van der Waals surface area contributed by atoms with Gasteiger partial charge in [0.25, 0.3) is 0 Å². The lowest BCUT2D eigenvalue weighted by atomic mass is 9.86. The minimum atomic E-state index is -0.573. The van der Waals surface area contributed by atoms with E-state index in [0.717, 1.165) is 89.8 Å². The molecule has 0 saturated heterocycles. The number of nitrogens with two attached hydrogens (primary N) is 2. The number of fused-ring (bicyclic) bond motifs is 1. The van der Waals surface area contributed by atoms with Crippen LogP contribution in [0, 0.1) is 5.92 Å². The van der Waals surface area contributed by atoms with Crippen LogP contribution in [0.3, 0.4) is 0 Å². The number of ketones is 1. The van der Waals surface area contributed by atoms with Crippen molar-refractivity contribution in [1.29, 1.82) is 0 Å². The number of unbranched alkanes of at least 4 members (excludes halogenated alkanes) is 4. The highest BCUT2D eigenvalue weighted by Crippen LogP contribution is 2.29. The molecule has 0 aromatic heterocycles. The van der Waals surface area contributed by atoms with Crippen LogP contribution in [-0.4, -0.2) is 41.1 Å². The fourth-order valence-electron chi connectivity index (χ4n) is 6.07. The first-order chi connectivity index (χ1) is 21.3. The molecule has 2 aliphatic rings. The Morgan fingerprint density at radius 2 is 1.80 bits per heavy atom. The Bertz CT molecular complexity index is 1350. The quantitative estimate of drug-likeness (QED) is 0.117. The second-order valence-corrected chi connectivity index (χ2v) is 12.3. The molecule has 0 radical (unpaired) electrons. The highest BCUT2D eigenvalue weighted by Gasteiger charge is 2.30. The van der Waals surface area contributed by atoms with Gasteiger partial charge in [-0.15, -0.1) is 0 Å². The number of Topliss-reactive ketones (excluding diaryl/α,β-unsaturated/α-hetero) is 1. The van der Waals surface area contributed by atoms with Gasteiger partial charge in [-0.1, -0.05) is 82.7 Å². The zero-order chi connectivity index (χ0) is 31.5. The molecule has 8 heteroatoms. The Morgan fingerprint density at radius 1 is 1.02 bits per heavy atom. The van der Waals surface area contributed by atoms with E-state index in [1.54, 1.807) is 6.07 Å². The summed E-state index contributed by atoms with van der Waals surface area (Å²) in [6, 6.07) is 13.3. The van der Waals surface area contributed by atoms with Crippen molar-refractivity contribution in [3.8, 4) is 11.5 Å². The van der Waals surface area contributed by atoms with Crippen LogP contribution in [0.4, 0.5) is 0 Å². The molecule has 3 unspecified atom stereocenters. The van der Waals surface area contributed by atoms with E-state index >= 15 is 0 Å². The van der Waals surface area contributed by atoms with Crippen LogP contribution >= 0.6 is 0 Å². The minimum Gasteiger partial charge on any atom is -0.504 e. The summed E-state index contributed by atoms with van der Waals surface area (Å²) in [7, 11) is 0. The molecular weight excluding hydrogens is 552 g/mol. The van der Waals surface area contributed by atoms with Crippen molar-refractivity contribution in [2.45, 2.75) is 96.7 Å². The standard InChI is InChI=1S/C36H50N4O4/c1-3-5-7-12-29(32(41)13-8-6-4-2)33(42)16-14-25-15-17-34(43)35(20-25)44-24-40-22-30-28(21-39-31(30)23-40)19-26-10-9-11-27(18-26)36(37)38/h9-11,15,17-18,20-22,29,32,36,41,43H,3-8,12-14,16,19,23-24,37-38H2,1-2H3/p+1. The average Bonchev–Trinajstić information content (AvgIpc) is 3.59. The number of carbonyl (C=O) groups excluding carboxylic acids is 1. The second kappa shape index (κ2) is 16.7. The van der Waals surface area contributed by atoms with Crippen molar-refractivity contribution in [2.24, 2.45) is 22.4 Å². The van der Waals surface area contributed by atoms with Gasteiger partial charge in [-0.05, 0) is 60.1 Å². The van der Waals surface area contributed by atoms with Crippen molar-refractivity contribution < 1.29 is 24.6 Å². The van der Waals surface area contributed by atoms with Crippen LogP contribution in [0.15, 0.2) is 71.0 Å². The number of aliphatic hydroxyl groups excluding tert-OH is 1. The van der Waals surface area contributed by atoms with E-state index in [4.69, 9.17) is 16.2 Å². The molecule has 44 heavy (non-hydrogen) atoms. The van der Waals surface area contributed by atoms with Gasteiger partial charge >= 0.3 is 0 Å². The summed E-state index contributed by atoms with van der Waals surface area (Å²) in [5, 5.41) is 21.3. The molecule has 0 aliphatic carbocycles. The first-order valence-corrected chi connectivity index (χ1v) is 16.4. The number of rotatable bonds is 19. The van der Waals surface area contributed by atoms with Gasteiger partial charge in [-0.3, -0.25) is 14.7 Å². The lowest BCUT2D eigenvalue weighted by molar-refractivity contribution is -0.851. The van der Waals surface area contributed by atoms with E-state index in [9.17, 15) is 15.0 Å². The van der Waals surface area contributed by atoms with Crippen LogP contribution in [0.5, 0.6) is 11.5 Å². The molecule has 238 valence electrons. The fraction of sp³-hybridized carbons (Fsp3) is 0.500. The number of nitrogens with one attached hydrogen (secondary N) is 1. The number of aliphatic hydroxyl groups is 1. The summed E-state index contributed by atoms with van der Waals surface area (Å²) in [5.74, 6) is 0.306. The maximum absolute atomic E-state index is 13.2. The fourth-order valence-corrected chi connectivity index (χ4v) is 6.07. The molecule has 0 bridgehead atoms. The number of hydrogen-bond donors (Lipinski definition) is 5. The number of aliphatic imine (C=N–C) groups is 1. The van der Waals surface area contributed by atoms with Gasteiger partial charge in [-0.2, -0.15) is 0 Å². The molecule has 8 nitrogen and oxygen atoms in total. The monoisotopic (exact) mass is 603 g/mol. The predicted molar refractivity (Wildman–Crippen MR) is 175 cm³/mol. The average molecular weight is 604 g/mol. The Morgan fingerprint density at radius 3 is 2.55 bits per heavy atom. The number of phenolic OH excluding ortho intramolecular Hbond substituents is 1. The number of phenols is 1. The van der Waals surface area contributed by atoms with Gasteiger partial charge in [0.05, 0.1) is 17.8 Å². The van der Waals surface area contributed by atoms with Crippen molar-refractivity contribution in [2.75, 3.05) is 13.3 Å². The van der Waals surface area contributed by atoms with Crippen LogP contribution in [0.2, 0.25) is 0 Å². The minimum absolute atomic E-state index is 0.0752. The number of nitrogens with zero attached hydrogens (tertiary/aromatic N) is 1. The first-order valence-electron chi connectivity index (χ1n) is 16.4. The molecule has 0 fully saturated rings. The largest absolute Gasteiger partial charge is 0.504 e. The number of benzene rings is 2. The molecule has 7 N–H and O–H groups in total. The number of carbonyl (C=O) groups is 1. The van der Waals surface area contributed by atoms with Gasteiger partial charge < -0.3 is 26.4 Å².